The van der Waals surface area contributed by atoms with Crippen molar-refractivity contribution in [2.24, 2.45) is 0 Å². The Hall–Kier alpha value is -1.91. The molecule has 0 aliphatic carbocycles. The number of halogens is 2. The van der Waals surface area contributed by atoms with E-state index >= 15 is 0 Å². The number of ether oxygens (including phenoxy) is 2. The molecule has 0 bridgehead atoms. The third kappa shape index (κ3) is 4.79. The van der Waals surface area contributed by atoms with Crippen LogP contribution in [0.2, 0.25) is 10.0 Å². The topological polar surface area (TPSA) is 47.6 Å². The Labute approximate surface area is 151 Å². The van der Waals surface area contributed by atoms with Gasteiger partial charge in [0.05, 0.1) is 23.3 Å². The largest absolute Gasteiger partial charge is 0.490 e. The van der Waals surface area contributed by atoms with E-state index in [9.17, 15) is 4.79 Å². The molecule has 24 heavy (non-hydrogen) atoms. The van der Waals surface area contributed by atoms with Crippen LogP contribution >= 0.6 is 23.2 Å². The predicted molar refractivity (Wildman–Crippen MR) is 97.8 cm³/mol. The third-order valence-electron chi connectivity index (χ3n) is 3.14. The Bertz CT molecular complexity index is 719. The summed E-state index contributed by atoms with van der Waals surface area (Å²) in [4.78, 5) is 12.4. The zero-order valence-electron chi connectivity index (χ0n) is 13.6. The third-order valence-corrected chi connectivity index (χ3v) is 3.88. The summed E-state index contributed by atoms with van der Waals surface area (Å²) in [6, 6.07) is 10.0. The van der Waals surface area contributed by atoms with Gasteiger partial charge in [0.15, 0.2) is 11.5 Å². The van der Waals surface area contributed by atoms with Crippen molar-refractivity contribution in [3.05, 3.63) is 52.0 Å². The highest BCUT2D eigenvalue weighted by molar-refractivity contribution is 6.42. The van der Waals surface area contributed by atoms with Gasteiger partial charge in [-0.25, -0.2) is 0 Å². The number of benzene rings is 2. The monoisotopic (exact) mass is 367 g/mol. The van der Waals surface area contributed by atoms with Crippen LogP contribution in [0.5, 0.6) is 11.5 Å². The molecule has 2 rings (SSSR count). The predicted octanol–water partition coefficient (Wildman–Crippen LogP) is 5.43. The van der Waals surface area contributed by atoms with Gasteiger partial charge in [-0.15, -0.1) is 0 Å². The van der Waals surface area contributed by atoms with Crippen LogP contribution in [0.15, 0.2) is 36.4 Å². The van der Waals surface area contributed by atoms with Crippen LogP contribution in [0.1, 0.15) is 30.6 Å². The van der Waals surface area contributed by atoms with E-state index in [0.717, 1.165) is 6.42 Å². The highest BCUT2D eigenvalue weighted by Crippen LogP contribution is 2.30. The molecule has 0 spiro atoms. The number of carbonyl (C=O) groups is 1. The van der Waals surface area contributed by atoms with Crippen molar-refractivity contribution in [2.45, 2.75) is 20.3 Å². The Kier molecular flexibility index (Phi) is 6.76. The molecule has 1 amide bonds. The van der Waals surface area contributed by atoms with Crippen molar-refractivity contribution < 1.29 is 14.3 Å². The van der Waals surface area contributed by atoms with Gasteiger partial charge in [0.2, 0.25) is 0 Å². The van der Waals surface area contributed by atoms with Crippen LogP contribution in [0.3, 0.4) is 0 Å². The van der Waals surface area contributed by atoms with Crippen LogP contribution < -0.4 is 14.8 Å². The second-order valence-corrected chi connectivity index (χ2v) is 5.84. The lowest BCUT2D eigenvalue weighted by Gasteiger charge is -2.13. The molecule has 4 nitrogen and oxygen atoms in total. The van der Waals surface area contributed by atoms with Crippen molar-refractivity contribution in [1.29, 1.82) is 0 Å². The highest BCUT2D eigenvalue weighted by atomic mass is 35.5. The van der Waals surface area contributed by atoms with Crippen molar-refractivity contribution in [2.75, 3.05) is 18.5 Å². The van der Waals surface area contributed by atoms with Crippen LogP contribution in [0.4, 0.5) is 5.69 Å². The van der Waals surface area contributed by atoms with Crippen molar-refractivity contribution in [3.8, 4) is 11.5 Å². The minimum atomic E-state index is -0.267. The van der Waals surface area contributed by atoms with Crippen LogP contribution in [-0.4, -0.2) is 19.1 Å². The number of hydrogen-bond donors (Lipinski definition) is 1. The molecule has 0 fully saturated rings. The van der Waals surface area contributed by atoms with Crippen LogP contribution in [0, 0.1) is 0 Å². The van der Waals surface area contributed by atoms with Crippen LogP contribution in [0.25, 0.3) is 0 Å². The molecule has 128 valence electrons. The summed E-state index contributed by atoms with van der Waals surface area (Å²) in [5, 5.41) is 3.60. The average molecular weight is 368 g/mol. The summed E-state index contributed by atoms with van der Waals surface area (Å²) < 4.78 is 11.2. The second kappa shape index (κ2) is 8.81. The fourth-order valence-corrected chi connectivity index (χ4v) is 2.32. The molecule has 0 aromatic heterocycles. The molecule has 1 N–H and O–H groups in total. The number of carbonyl (C=O) groups excluding carboxylic acids is 1. The summed E-state index contributed by atoms with van der Waals surface area (Å²) in [5.74, 6) is 0.911. The molecule has 0 atom stereocenters. The Morgan fingerprint density at radius 1 is 1.00 bits per heavy atom. The summed E-state index contributed by atoms with van der Waals surface area (Å²) in [6.45, 7) is 4.99. The summed E-state index contributed by atoms with van der Waals surface area (Å²) in [6.07, 6.45) is 0.894. The van der Waals surface area contributed by atoms with Gasteiger partial charge in [0.25, 0.3) is 5.91 Å². The standard InChI is InChI=1S/C18H19Cl2NO3/c1-3-9-24-16-8-5-12(10-17(16)23-4-2)18(22)21-13-6-7-14(19)15(20)11-13/h5-8,10-11H,3-4,9H2,1-2H3,(H,21,22). The van der Waals surface area contributed by atoms with E-state index in [-0.39, 0.29) is 5.91 Å². The lowest BCUT2D eigenvalue weighted by atomic mass is 10.1. The number of nitrogens with one attached hydrogen (secondary N) is 1. The summed E-state index contributed by atoms with van der Waals surface area (Å²) in [7, 11) is 0. The van der Waals surface area contributed by atoms with Gasteiger partial charge in [-0.3, -0.25) is 4.79 Å². The minimum absolute atomic E-state index is 0.267. The van der Waals surface area contributed by atoms with Gasteiger partial charge in [0.1, 0.15) is 0 Å². The first kappa shape index (κ1) is 18.4. The van der Waals surface area contributed by atoms with Gasteiger partial charge in [-0.2, -0.15) is 0 Å². The fourth-order valence-electron chi connectivity index (χ4n) is 2.03. The number of rotatable bonds is 7. The maximum absolute atomic E-state index is 12.4. The van der Waals surface area contributed by atoms with Gasteiger partial charge in [-0.1, -0.05) is 30.1 Å². The lowest BCUT2D eigenvalue weighted by molar-refractivity contribution is 0.102. The molecular weight excluding hydrogens is 349 g/mol. The molecular formula is C18H19Cl2NO3. The molecule has 0 aliphatic heterocycles. The molecule has 0 saturated heterocycles. The van der Waals surface area contributed by atoms with E-state index in [4.69, 9.17) is 32.7 Å². The molecule has 0 saturated carbocycles. The fraction of sp³-hybridized carbons (Fsp3) is 0.278. The molecule has 0 heterocycles. The molecule has 6 heteroatoms. The minimum Gasteiger partial charge on any atom is -0.490 e. The quantitative estimate of drug-likeness (QED) is 0.709. The van der Waals surface area contributed by atoms with Crippen molar-refractivity contribution in [1.82, 2.24) is 0 Å². The summed E-state index contributed by atoms with van der Waals surface area (Å²) in [5.41, 5.74) is 1.03. The SMILES string of the molecule is CCCOc1ccc(C(=O)Nc2ccc(Cl)c(Cl)c2)cc1OCC. The first-order valence-corrected chi connectivity index (χ1v) is 8.46. The van der Waals surface area contributed by atoms with E-state index < -0.39 is 0 Å². The maximum atomic E-state index is 12.4. The molecule has 0 unspecified atom stereocenters. The average Bonchev–Trinajstić information content (AvgIpc) is 2.57. The van der Waals surface area contributed by atoms with E-state index in [0.29, 0.717) is 46.0 Å². The Morgan fingerprint density at radius 2 is 1.79 bits per heavy atom. The number of hydrogen-bond acceptors (Lipinski definition) is 3. The molecule has 0 radical (unpaired) electrons. The Morgan fingerprint density at radius 3 is 2.46 bits per heavy atom. The maximum Gasteiger partial charge on any atom is 0.255 e. The summed E-state index contributed by atoms with van der Waals surface area (Å²) >= 11 is 11.8. The zero-order valence-corrected chi connectivity index (χ0v) is 15.1. The second-order valence-electron chi connectivity index (χ2n) is 5.03. The molecule has 0 aliphatic rings. The van der Waals surface area contributed by atoms with Gasteiger partial charge in [0, 0.05) is 11.3 Å². The van der Waals surface area contributed by atoms with Gasteiger partial charge < -0.3 is 14.8 Å². The zero-order chi connectivity index (χ0) is 17.5. The Balaban J connectivity index is 2.18. The first-order valence-electron chi connectivity index (χ1n) is 7.71. The van der Waals surface area contributed by atoms with Gasteiger partial charge in [-0.05, 0) is 49.7 Å². The van der Waals surface area contributed by atoms with Crippen molar-refractivity contribution in [3.63, 3.8) is 0 Å². The van der Waals surface area contributed by atoms with Gasteiger partial charge >= 0.3 is 0 Å². The van der Waals surface area contributed by atoms with Crippen LogP contribution in [-0.2, 0) is 0 Å². The van der Waals surface area contributed by atoms with E-state index in [1.807, 2.05) is 13.8 Å². The number of anilines is 1. The first-order chi connectivity index (χ1) is 11.5. The van der Waals surface area contributed by atoms with Crippen molar-refractivity contribution >= 4 is 34.8 Å². The highest BCUT2D eigenvalue weighted by Gasteiger charge is 2.12. The van der Waals surface area contributed by atoms with E-state index in [1.54, 1.807) is 36.4 Å². The normalized spacial score (nSPS) is 10.3. The van der Waals surface area contributed by atoms with E-state index in [2.05, 4.69) is 5.32 Å². The molecule has 2 aromatic carbocycles. The molecule has 2 aromatic rings. The number of amides is 1. The van der Waals surface area contributed by atoms with E-state index in [1.165, 1.54) is 0 Å². The smallest absolute Gasteiger partial charge is 0.255 e. The lowest BCUT2D eigenvalue weighted by Crippen LogP contribution is -2.12.